The Morgan fingerprint density at radius 1 is 1.30 bits per heavy atom. The first-order chi connectivity index (χ1) is 9.69. The predicted molar refractivity (Wildman–Crippen MR) is 82.9 cm³/mol. The number of piperidine rings is 1. The van der Waals surface area contributed by atoms with Crippen molar-refractivity contribution in [3.05, 3.63) is 29.8 Å². The van der Waals surface area contributed by atoms with E-state index in [9.17, 15) is 4.79 Å². The molecule has 1 aromatic carbocycles. The Bertz CT molecular complexity index is 425. The van der Waals surface area contributed by atoms with Gasteiger partial charge in [0.05, 0.1) is 0 Å². The smallest absolute Gasteiger partial charge is 0.223 e. The molecule has 0 aliphatic carbocycles. The molecule has 1 amide bonds. The van der Waals surface area contributed by atoms with Gasteiger partial charge in [-0.3, -0.25) is 4.79 Å². The van der Waals surface area contributed by atoms with Crippen LogP contribution in [0.15, 0.2) is 29.2 Å². The van der Waals surface area contributed by atoms with Gasteiger partial charge in [0.2, 0.25) is 5.91 Å². The number of nitrogens with zero attached hydrogens (tertiary/aromatic N) is 1. The minimum absolute atomic E-state index is 0.251. The molecule has 4 heteroatoms. The average Bonchev–Trinajstić information content (AvgIpc) is 2.49. The van der Waals surface area contributed by atoms with E-state index in [0.717, 1.165) is 31.7 Å². The Kier molecular flexibility index (Phi) is 5.92. The molecule has 0 bridgehead atoms. The van der Waals surface area contributed by atoms with Gasteiger partial charge in [-0.15, -0.1) is 11.8 Å². The van der Waals surface area contributed by atoms with Gasteiger partial charge in [-0.25, -0.2) is 0 Å². The van der Waals surface area contributed by atoms with Crippen LogP contribution >= 0.6 is 11.8 Å². The standard InChI is InChI=1S/C16H23NO2S/c1-13-2-4-15(5-3-13)20-11-8-16(19)17-9-6-14(12-18)7-10-17/h2-5,14,18H,6-12H2,1H3. The highest BCUT2D eigenvalue weighted by atomic mass is 32.2. The molecule has 1 aromatic rings. The minimum atomic E-state index is 0.251. The van der Waals surface area contributed by atoms with Crippen LogP contribution in [-0.4, -0.2) is 41.4 Å². The number of hydrogen-bond donors (Lipinski definition) is 1. The molecule has 110 valence electrons. The number of aliphatic hydroxyl groups is 1. The van der Waals surface area contributed by atoms with Crippen molar-refractivity contribution in [2.45, 2.75) is 31.1 Å². The summed E-state index contributed by atoms with van der Waals surface area (Å²) in [5.41, 5.74) is 1.26. The van der Waals surface area contributed by atoms with Crippen molar-refractivity contribution < 1.29 is 9.90 Å². The summed E-state index contributed by atoms with van der Waals surface area (Å²) in [5, 5.41) is 9.10. The quantitative estimate of drug-likeness (QED) is 0.849. The lowest BCUT2D eigenvalue weighted by Gasteiger charge is -2.31. The van der Waals surface area contributed by atoms with Crippen molar-refractivity contribution in [2.75, 3.05) is 25.4 Å². The van der Waals surface area contributed by atoms with Crippen molar-refractivity contribution in [1.29, 1.82) is 0 Å². The van der Waals surface area contributed by atoms with Crippen molar-refractivity contribution in [2.24, 2.45) is 5.92 Å². The number of benzene rings is 1. The van der Waals surface area contributed by atoms with Gasteiger partial charge in [0, 0.05) is 36.8 Å². The second kappa shape index (κ2) is 7.70. The van der Waals surface area contributed by atoms with Gasteiger partial charge in [-0.2, -0.15) is 0 Å². The third-order valence-electron chi connectivity index (χ3n) is 3.83. The normalized spacial score (nSPS) is 16.4. The van der Waals surface area contributed by atoms with Crippen LogP contribution in [0.3, 0.4) is 0 Å². The number of carbonyl (C=O) groups is 1. The summed E-state index contributed by atoms with van der Waals surface area (Å²) in [5.74, 6) is 1.48. The van der Waals surface area contributed by atoms with Gasteiger partial charge in [-0.1, -0.05) is 17.7 Å². The van der Waals surface area contributed by atoms with Crippen LogP contribution in [0, 0.1) is 12.8 Å². The molecule has 20 heavy (non-hydrogen) atoms. The maximum Gasteiger partial charge on any atom is 0.223 e. The number of aryl methyl sites for hydroxylation is 1. The van der Waals surface area contributed by atoms with Crippen molar-refractivity contribution in [3.8, 4) is 0 Å². The molecule has 1 saturated heterocycles. The molecule has 0 atom stereocenters. The van der Waals surface area contributed by atoms with E-state index in [1.54, 1.807) is 11.8 Å². The van der Waals surface area contributed by atoms with Crippen molar-refractivity contribution >= 4 is 17.7 Å². The van der Waals surface area contributed by atoms with Gasteiger partial charge >= 0.3 is 0 Å². The molecule has 1 aliphatic heterocycles. The van der Waals surface area contributed by atoms with Crippen LogP contribution in [0.2, 0.25) is 0 Å². The fourth-order valence-electron chi connectivity index (χ4n) is 2.41. The molecule has 0 spiro atoms. The monoisotopic (exact) mass is 293 g/mol. The Labute approximate surface area is 125 Å². The Balaban J connectivity index is 1.69. The molecule has 0 aromatic heterocycles. The molecule has 0 saturated carbocycles. The number of thioether (sulfide) groups is 1. The maximum atomic E-state index is 12.1. The van der Waals surface area contributed by atoms with E-state index in [1.807, 2.05) is 4.90 Å². The Hall–Kier alpha value is -1.00. The van der Waals surface area contributed by atoms with E-state index in [4.69, 9.17) is 5.11 Å². The van der Waals surface area contributed by atoms with Crippen LogP contribution in [0.4, 0.5) is 0 Å². The van der Waals surface area contributed by atoms with Crippen molar-refractivity contribution in [3.63, 3.8) is 0 Å². The minimum Gasteiger partial charge on any atom is -0.396 e. The molecule has 1 heterocycles. The van der Waals surface area contributed by atoms with E-state index in [-0.39, 0.29) is 12.5 Å². The highest BCUT2D eigenvalue weighted by Crippen LogP contribution is 2.21. The molecule has 1 N–H and O–H groups in total. The van der Waals surface area contributed by atoms with Gasteiger partial charge in [0.1, 0.15) is 0 Å². The van der Waals surface area contributed by atoms with Gasteiger partial charge in [-0.05, 0) is 37.8 Å². The largest absolute Gasteiger partial charge is 0.396 e. The summed E-state index contributed by atoms with van der Waals surface area (Å²) in [6, 6.07) is 8.42. The van der Waals surface area contributed by atoms with E-state index in [1.165, 1.54) is 10.5 Å². The molecule has 0 radical (unpaired) electrons. The molecular formula is C16H23NO2S. The second-order valence-electron chi connectivity index (χ2n) is 5.42. The van der Waals surface area contributed by atoms with E-state index < -0.39 is 0 Å². The fraction of sp³-hybridized carbons (Fsp3) is 0.562. The molecular weight excluding hydrogens is 270 g/mol. The van der Waals surface area contributed by atoms with Gasteiger partial charge in [0.15, 0.2) is 0 Å². The van der Waals surface area contributed by atoms with Crippen LogP contribution in [-0.2, 0) is 4.79 Å². The summed E-state index contributed by atoms with van der Waals surface area (Å²) >= 11 is 1.74. The predicted octanol–water partition coefficient (Wildman–Crippen LogP) is 2.71. The maximum absolute atomic E-state index is 12.1. The fourth-order valence-corrected chi connectivity index (χ4v) is 3.25. The Morgan fingerprint density at radius 2 is 1.95 bits per heavy atom. The van der Waals surface area contributed by atoms with E-state index in [0.29, 0.717) is 12.3 Å². The lowest BCUT2D eigenvalue weighted by atomic mass is 9.98. The number of aliphatic hydroxyl groups excluding tert-OH is 1. The zero-order chi connectivity index (χ0) is 14.4. The van der Waals surface area contributed by atoms with Crippen LogP contribution < -0.4 is 0 Å². The summed E-state index contributed by atoms with van der Waals surface area (Å²) in [6.45, 7) is 3.94. The lowest BCUT2D eigenvalue weighted by Crippen LogP contribution is -2.39. The van der Waals surface area contributed by atoms with Crippen LogP contribution in [0.25, 0.3) is 0 Å². The zero-order valence-electron chi connectivity index (χ0n) is 12.0. The number of hydrogen-bond acceptors (Lipinski definition) is 3. The molecule has 2 rings (SSSR count). The average molecular weight is 293 g/mol. The number of carbonyl (C=O) groups excluding carboxylic acids is 1. The second-order valence-corrected chi connectivity index (χ2v) is 6.59. The summed E-state index contributed by atoms with van der Waals surface area (Å²) in [6.07, 6.45) is 2.48. The highest BCUT2D eigenvalue weighted by Gasteiger charge is 2.21. The van der Waals surface area contributed by atoms with Gasteiger partial charge < -0.3 is 10.0 Å². The first-order valence-electron chi connectivity index (χ1n) is 7.27. The van der Waals surface area contributed by atoms with E-state index >= 15 is 0 Å². The molecule has 1 fully saturated rings. The van der Waals surface area contributed by atoms with Crippen LogP contribution in [0.5, 0.6) is 0 Å². The van der Waals surface area contributed by atoms with Gasteiger partial charge in [0.25, 0.3) is 0 Å². The molecule has 1 aliphatic rings. The topological polar surface area (TPSA) is 40.5 Å². The third-order valence-corrected chi connectivity index (χ3v) is 4.84. The first-order valence-corrected chi connectivity index (χ1v) is 8.25. The third kappa shape index (κ3) is 4.53. The molecule has 0 unspecified atom stereocenters. The zero-order valence-corrected chi connectivity index (χ0v) is 12.9. The molecule has 3 nitrogen and oxygen atoms in total. The number of rotatable bonds is 5. The lowest BCUT2D eigenvalue weighted by molar-refractivity contribution is -0.132. The number of likely N-dealkylation sites (tertiary alicyclic amines) is 1. The summed E-state index contributed by atoms with van der Waals surface area (Å²) in [7, 11) is 0. The number of amides is 1. The van der Waals surface area contributed by atoms with E-state index in [2.05, 4.69) is 31.2 Å². The van der Waals surface area contributed by atoms with Crippen molar-refractivity contribution in [1.82, 2.24) is 4.90 Å². The van der Waals surface area contributed by atoms with Crippen LogP contribution in [0.1, 0.15) is 24.8 Å². The summed E-state index contributed by atoms with van der Waals surface area (Å²) < 4.78 is 0. The first kappa shape index (κ1) is 15.4. The highest BCUT2D eigenvalue weighted by molar-refractivity contribution is 7.99. The SMILES string of the molecule is Cc1ccc(SCCC(=O)N2CCC(CO)CC2)cc1. The summed E-state index contributed by atoms with van der Waals surface area (Å²) in [4.78, 5) is 15.3. The Morgan fingerprint density at radius 3 is 2.55 bits per heavy atom.